The van der Waals surface area contributed by atoms with Gasteiger partial charge in [0.25, 0.3) is 5.69 Å². The summed E-state index contributed by atoms with van der Waals surface area (Å²) in [5.41, 5.74) is 1.06. The maximum absolute atomic E-state index is 10.5. The molecule has 0 aliphatic carbocycles. The molecule has 18 heavy (non-hydrogen) atoms. The number of nitrogens with zero attached hydrogens (tertiary/aromatic N) is 3. The number of hydrogen-bond donors (Lipinski definition) is 1. The molecule has 0 bridgehead atoms. The zero-order valence-electron chi connectivity index (χ0n) is 9.78. The molecule has 1 atom stereocenters. The largest absolute Gasteiger partial charge is 0.364 e. The van der Waals surface area contributed by atoms with E-state index in [1.807, 2.05) is 19.1 Å². The Labute approximate surface area is 104 Å². The summed E-state index contributed by atoms with van der Waals surface area (Å²) < 4.78 is 0. The first-order chi connectivity index (χ1) is 8.66. The Morgan fingerprint density at radius 3 is 2.56 bits per heavy atom. The van der Waals surface area contributed by atoms with E-state index >= 15 is 0 Å². The fourth-order valence-corrected chi connectivity index (χ4v) is 1.54. The second-order valence-electron chi connectivity index (χ2n) is 3.81. The third-order valence-corrected chi connectivity index (χ3v) is 2.53. The van der Waals surface area contributed by atoms with E-state index < -0.39 is 4.92 Å². The molecule has 1 N–H and O–H groups in total. The van der Waals surface area contributed by atoms with Gasteiger partial charge in [0.1, 0.15) is 12.0 Å². The quantitative estimate of drug-likeness (QED) is 0.660. The molecular weight excluding hydrogens is 232 g/mol. The van der Waals surface area contributed by atoms with Crippen LogP contribution in [-0.2, 0) is 0 Å². The van der Waals surface area contributed by atoms with Gasteiger partial charge >= 0.3 is 0 Å². The molecule has 0 amide bonds. The molecule has 0 spiro atoms. The number of pyridine rings is 2. The van der Waals surface area contributed by atoms with Gasteiger partial charge in [-0.2, -0.15) is 0 Å². The van der Waals surface area contributed by atoms with Gasteiger partial charge in [-0.15, -0.1) is 0 Å². The summed E-state index contributed by atoms with van der Waals surface area (Å²) in [6, 6.07) is 6.89. The lowest BCUT2D eigenvalue weighted by molar-refractivity contribution is -0.385. The first-order valence-electron chi connectivity index (χ1n) is 5.44. The highest BCUT2D eigenvalue weighted by molar-refractivity contribution is 5.42. The lowest BCUT2D eigenvalue weighted by Gasteiger charge is -2.14. The summed E-state index contributed by atoms with van der Waals surface area (Å²) in [5, 5.41) is 13.7. The third-order valence-electron chi connectivity index (χ3n) is 2.53. The van der Waals surface area contributed by atoms with Crippen LogP contribution in [0, 0.1) is 10.1 Å². The van der Waals surface area contributed by atoms with Gasteiger partial charge in [-0.25, -0.2) is 4.98 Å². The summed E-state index contributed by atoms with van der Waals surface area (Å²) in [7, 11) is 0. The molecule has 2 rings (SSSR count). The lowest BCUT2D eigenvalue weighted by Crippen LogP contribution is -2.07. The van der Waals surface area contributed by atoms with Crippen LogP contribution in [-0.4, -0.2) is 14.9 Å². The van der Waals surface area contributed by atoms with E-state index in [-0.39, 0.29) is 11.7 Å². The molecule has 92 valence electrons. The number of hydrogen-bond acceptors (Lipinski definition) is 5. The van der Waals surface area contributed by atoms with Crippen LogP contribution in [0.1, 0.15) is 18.5 Å². The van der Waals surface area contributed by atoms with Crippen molar-refractivity contribution in [2.45, 2.75) is 13.0 Å². The van der Waals surface area contributed by atoms with Gasteiger partial charge < -0.3 is 5.32 Å². The minimum atomic E-state index is -0.469. The fraction of sp³-hybridized carbons (Fsp3) is 0.167. The number of anilines is 1. The Balaban J connectivity index is 2.08. The van der Waals surface area contributed by atoms with Crippen LogP contribution in [0.5, 0.6) is 0 Å². The Morgan fingerprint density at radius 2 is 2.00 bits per heavy atom. The topological polar surface area (TPSA) is 81.0 Å². The highest BCUT2D eigenvalue weighted by atomic mass is 16.6. The van der Waals surface area contributed by atoms with Crippen LogP contribution in [0.25, 0.3) is 0 Å². The van der Waals surface area contributed by atoms with Gasteiger partial charge in [0.05, 0.1) is 11.0 Å². The average Bonchev–Trinajstić information content (AvgIpc) is 2.40. The monoisotopic (exact) mass is 244 g/mol. The summed E-state index contributed by atoms with van der Waals surface area (Å²) in [6.07, 6.45) is 4.68. The van der Waals surface area contributed by atoms with Crippen LogP contribution in [0.4, 0.5) is 11.5 Å². The van der Waals surface area contributed by atoms with Crippen LogP contribution in [0.15, 0.2) is 42.9 Å². The predicted molar refractivity (Wildman–Crippen MR) is 67.2 cm³/mol. The maximum Gasteiger partial charge on any atom is 0.287 e. The van der Waals surface area contributed by atoms with E-state index in [1.54, 1.807) is 18.5 Å². The molecule has 2 heterocycles. The van der Waals surface area contributed by atoms with Crippen molar-refractivity contribution in [3.8, 4) is 0 Å². The van der Waals surface area contributed by atoms with Gasteiger partial charge in [-0.3, -0.25) is 15.1 Å². The summed E-state index contributed by atoms with van der Waals surface area (Å²) in [5.74, 6) is 0.602. The van der Waals surface area contributed by atoms with Crippen molar-refractivity contribution in [3.05, 3.63) is 58.5 Å². The molecule has 0 aromatic carbocycles. The van der Waals surface area contributed by atoms with Crippen molar-refractivity contribution in [1.82, 2.24) is 9.97 Å². The van der Waals surface area contributed by atoms with E-state index in [0.29, 0.717) is 5.82 Å². The maximum atomic E-state index is 10.5. The second-order valence-corrected chi connectivity index (χ2v) is 3.81. The van der Waals surface area contributed by atoms with E-state index in [2.05, 4.69) is 15.3 Å². The van der Waals surface area contributed by atoms with Crippen LogP contribution in [0.3, 0.4) is 0 Å². The Morgan fingerprint density at radius 1 is 1.28 bits per heavy atom. The SMILES string of the molecule is CC(Nc1ccc([N+](=O)[O-])cn1)c1ccncc1. The van der Waals surface area contributed by atoms with Crippen LogP contribution < -0.4 is 5.32 Å². The number of rotatable bonds is 4. The molecule has 0 fully saturated rings. The molecule has 0 saturated carbocycles. The Bertz CT molecular complexity index is 528. The molecule has 0 saturated heterocycles. The Kier molecular flexibility index (Phi) is 3.47. The Hall–Kier alpha value is -2.50. The second kappa shape index (κ2) is 5.22. The number of aromatic nitrogens is 2. The van der Waals surface area contributed by atoms with Crippen LogP contribution >= 0.6 is 0 Å². The van der Waals surface area contributed by atoms with Crippen molar-refractivity contribution >= 4 is 11.5 Å². The highest BCUT2D eigenvalue weighted by Crippen LogP contribution is 2.18. The van der Waals surface area contributed by atoms with Crippen LogP contribution in [0.2, 0.25) is 0 Å². The highest BCUT2D eigenvalue weighted by Gasteiger charge is 2.08. The first-order valence-corrected chi connectivity index (χ1v) is 5.44. The molecule has 2 aromatic heterocycles. The first kappa shape index (κ1) is 12.0. The molecule has 6 heteroatoms. The normalized spacial score (nSPS) is 11.8. The average molecular weight is 244 g/mol. The van der Waals surface area contributed by atoms with Gasteiger partial charge in [0, 0.05) is 18.5 Å². The van der Waals surface area contributed by atoms with E-state index in [4.69, 9.17) is 0 Å². The van der Waals surface area contributed by atoms with Gasteiger partial charge in [-0.05, 0) is 30.7 Å². The smallest absolute Gasteiger partial charge is 0.287 e. The van der Waals surface area contributed by atoms with Crippen molar-refractivity contribution in [2.75, 3.05) is 5.32 Å². The van der Waals surface area contributed by atoms with E-state index in [0.717, 1.165) is 5.56 Å². The third kappa shape index (κ3) is 2.79. The molecule has 0 aliphatic rings. The summed E-state index contributed by atoms with van der Waals surface area (Å²) >= 11 is 0. The van der Waals surface area contributed by atoms with Crippen molar-refractivity contribution < 1.29 is 4.92 Å². The van der Waals surface area contributed by atoms with Crippen molar-refractivity contribution in [2.24, 2.45) is 0 Å². The molecule has 2 aromatic rings. The van der Waals surface area contributed by atoms with Gasteiger partial charge in [-0.1, -0.05) is 0 Å². The van der Waals surface area contributed by atoms with Crippen molar-refractivity contribution in [3.63, 3.8) is 0 Å². The summed E-state index contributed by atoms with van der Waals surface area (Å²) in [4.78, 5) is 18.0. The molecule has 0 radical (unpaired) electrons. The number of nitrogens with one attached hydrogen (secondary N) is 1. The van der Waals surface area contributed by atoms with Crippen molar-refractivity contribution in [1.29, 1.82) is 0 Å². The zero-order valence-corrected chi connectivity index (χ0v) is 9.78. The molecular formula is C12H12N4O2. The van der Waals surface area contributed by atoms with E-state index in [1.165, 1.54) is 12.3 Å². The van der Waals surface area contributed by atoms with Gasteiger partial charge in [0.2, 0.25) is 0 Å². The molecule has 1 unspecified atom stereocenters. The summed E-state index contributed by atoms with van der Waals surface area (Å²) in [6.45, 7) is 1.98. The minimum Gasteiger partial charge on any atom is -0.364 e. The molecule has 6 nitrogen and oxygen atoms in total. The van der Waals surface area contributed by atoms with E-state index in [9.17, 15) is 10.1 Å². The zero-order chi connectivity index (χ0) is 13.0. The van der Waals surface area contributed by atoms with Gasteiger partial charge in [0.15, 0.2) is 0 Å². The standard InChI is InChI=1S/C12H12N4O2/c1-9(10-4-6-13-7-5-10)15-12-3-2-11(8-14-12)16(17)18/h2-9H,1H3,(H,14,15). The lowest BCUT2D eigenvalue weighted by atomic mass is 10.1. The fourth-order valence-electron chi connectivity index (χ4n) is 1.54. The predicted octanol–water partition coefficient (Wildman–Crippen LogP) is 2.56. The number of nitro groups is 1. The molecule has 0 aliphatic heterocycles. The minimum absolute atomic E-state index is 0.0166.